The van der Waals surface area contributed by atoms with Crippen LogP contribution in [0.2, 0.25) is 0 Å². The van der Waals surface area contributed by atoms with Gasteiger partial charge in [-0.05, 0) is 48.6 Å². The summed E-state index contributed by atoms with van der Waals surface area (Å²) in [7, 11) is 0. The van der Waals surface area contributed by atoms with Gasteiger partial charge >= 0.3 is 0 Å². The van der Waals surface area contributed by atoms with Gasteiger partial charge in [-0.3, -0.25) is 10.1 Å². The Bertz CT molecular complexity index is 565. The minimum atomic E-state index is -0.104. The molecule has 1 aromatic heterocycles. The predicted molar refractivity (Wildman–Crippen MR) is 78.7 cm³/mol. The first-order chi connectivity index (χ1) is 8.06. The molecule has 3 nitrogen and oxygen atoms in total. The summed E-state index contributed by atoms with van der Waals surface area (Å²) in [4.78, 5) is 17.2. The Morgan fingerprint density at radius 2 is 2.18 bits per heavy atom. The summed E-state index contributed by atoms with van der Waals surface area (Å²) < 4.78 is 0.943. The number of halogens is 1. The molecule has 17 heavy (non-hydrogen) atoms. The Morgan fingerprint density at radius 3 is 2.82 bits per heavy atom. The lowest BCUT2D eigenvalue weighted by atomic mass is 10.1. The van der Waals surface area contributed by atoms with Crippen molar-refractivity contribution in [3.63, 3.8) is 0 Å². The SMILES string of the molecule is Cc1ccc(I)c(C(=O)Nc2ncc(C)s2)c1. The van der Waals surface area contributed by atoms with Crippen LogP contribution in [0.25, 0.3) is 0 Å². The molecule has 0 aliphatic heterocycles. The fourth-order valence-electron chi connectivity index (χ4n) is 1.39. The molecular formula is C12H11IN2OS. The fourth-order valence-corrected chi connectivity index (χ4v) is 2.63. The molecule has 0 fully saturated rings. The first-order valence-electron chi connectivity index (χ1n) is 5.06. The molecule has 1 N–H and O–H groups in total. The maximum Gasteiger partial charge on any atom is 0.258 e. The van der Waals surface area contributed by atoms with E-state index in [4.69, 9.17) is 0 Å². The van der Waals surface area contributed by atoms with Crippen molar-refractivity contribution < 1.29 is 4.79 Å². The van der Waals surface area contributed by atoms with Crippen LogP contribution >= 0.6 is 33.9 Å². The van der Waals surface area contributed by atoms with Gasteiger partial charge in [0.25, 0.3) is 5.91 Å². The standard InChI is InChI=1S/C12H11IN2OS/c1-7-3-4-10(13)9(5-7)11(16)15-12-14-6-8(2)17-12/h3-6H,1-2H3,(H,14,15,16). The van der Waals surface area contributed by atoms with Crippen LogP contribution in [0.5, 0.6) is 0 Å². The van der Waals surface area contributed by atoms with Gasteiger partial charge in [-0.2, -0.15) is 0 Å². The van der Waals surface area contributed by atoms with Crippen molar-refractivity contribution in [3.8, 4) is 0 Å². The van der Waals surface area contributed by atoms with E-state index in [9.17, 15) is 4.79 Å². The molecule has 5 heteroatoms. The molecule has 1 heterocycles. The number of thiazole rings is 1. The summed E-state index contributed by atoms with van der Waals surface area (Å²) in [6.45, 7) is 3.93. The highest BCUT2D eigenvalue weighted by Crippen LogP contribution is 2.19. The van der Waals surface area contributed by atoms with Crippen LogP contribution in [-0.2, 0) is 0 Å². The molecule has 2 aromatic rings. The van der Waals surface area contributed by atoms with Gasteiger partial charge in [-0.1, -0.05) is 11.6 Å². The number of nitrogens with zero attached hydrogens (tertiary/aromatic N) is 1. The van der Waals surface area contributed by atoms with E-state index in [1.165, 1.54) is 11.3 Å². The van der Waals surface area contributed by atoms with E-state index in [2.05, 4.69) is 32.9 Å². The third-order valence-corrected chi connectivity index (χ3v) is 3.98. The fraction of sp³-hybridized carbons (Fsp3) is 0.167. The van der Waals surface area contributed by atoms with Gasteiger partial charge in [0.1, 0.15) is 0 Å². The number of hydrogen-bond donors (Lipinski definition) is 1. The van der Waals surface area contributed by atoms with E-state index >= 15 is 0 Å². The lowest BCUT2D eigenvalue weighted by Crippen LogP contribution is -2.13. The number of rotatable bonds is 2. The summed E-state index contributed by atoms with van der Waals surface area (Å²) in [6.07, 6.45) is 1.75. The quantitative estimate of drug-likeness (QED) is 0.834. The van der Waals surface area contributed by atoms with Crippen LogP contribution in [0.1, 0.15) is 20.8 Å². The predicted octanol–water partition coefficient (Wildman–Crippen LogP) is 3.62. The highest BCUT2D eigenvalue weighted by atomic mass is 127. The Hall–Kier alpha value is -0.950. The molecule has 0 spiro atoms. The van der Waals surface area contributed by atoms with Crippen molar-refractivity contribution in [2.45, 2.75) is 13.8 Å². The van der Waals surface area contributed by atoms with Gasteiger partial charge in [0, 0.05) is 14.6 Å². The van der Waals surface area contributed by atoms with E-state index in [-0.39, 0.29) is 5.91 Å². The molecule has 0 bridgehead atoms. The Kier molecular flexibility index (Phi) is 3.78. The first-order valence-corrected chi connectivity index (χ1v) is 6.96. The number of hydrogen-bond acceptors (Lipinski definition) is 3. The summed E-state index contributed by atoms with van der Waals surface area (Å²) in [5, 5.41) is 3.45. The lowest BCUT2D eigenvalue weighted by Gasteiger charge is -2.05. The number of aromatic nitrogens is 1. The zero-order valence-corrected chi connectivity index (χ0v) is 12.4. The molecule has 88 valence electrons. The highest BCUT2D eigenvalue weighted by molar-refractivity contribution is 14.1. The summed E-state index contributed by atoms with van der Waals surface area (Å²) >= 11 is 3.64. The molecule has 0 saturated heterocycles. The second-order valence-corrected chi connectivity index (χ2v) is 6.11. The summed E-state index contributed by atoms with van der Waals surface area (Å²) in [5.41, 5.74) is 1.77. The van der Waals surface area contributed by atoms with Crippen molar-refractivity contribution in [1.29, 1.82) is 0 Å². The van der Waals surface area contributed by atoms with Crippen LogP contribution in [0.4, 0.5) is 5.13 Å². The molecule has 0 atom stereocenters. The average Bonchev–Trinajstić information content (AvgIpc) is 2.67. The third kappa shape index (κ3) is 3.04. The van der Waals surface area contributed by atoms with Crippen LogP contribution in [-0.4, -0.2) is 10.9 Å². The van der Waals surface area contributed by atoms with E-state index in [0.717, 1.165) is 14.0 Å². The van der Waals surface area contributed by atoms with Gasteiger partial charge < -0.3 is 0 Å². The maximum atomic E-state index is 12.0. The highest BCUT2D eigenvalue weighted by Gasteiger charge is 2.11. The average molecular weight is 358 g/mol. The zero-order chi connectivity index (χ0) is 12.4. The Labute approximate surface area is 117 Å². The smallest absolute Gasteiger partial charge is 0.258 e. The largest absolute Gasteiger partial charge is 0.298 e. The van der Waals surface area contributed by atoms with Crippen molar-refractivity contribution in [3.05, 3.63) is 44.0 Å². The first kappa shape index (κ1) is 12.5. The number of benzene rings is 1. The maximum absolute atomic E-state index is 12.0. The molecule has 0 radical (unpaired) electrons. The number of anilines is 1. The van der Waals surface area contributed by atoms with Crippen LogP contribution in [0.15, 0.2) is 24.4 Å². The van der Waals surface area contributed by atoms with Gasteiger partial charge in [0.05, 0.1) is 5.56 Å². The topological polar surface area (TPSA) is 42.0 Å². The van der Waals surface area contributed by atoms with E-state index in [1.54, 1.807) is 6.20 Å². The minimum absolute atomic E-state index is 0.104. The van der Waals surface area contributed by atoms with Crippen LogP contribution < -0.4 is 5.32 Å². The number of aryl methyl sites for hydroxylation is 2. The molecule has 1 aromatic carbocycles. The van der Waals surface area contributed by atoms with Crippen molar-refractivity contribution in [2.24, 2.45) is 0 Å². The van der Waals surface area contributed by atoms with E-state index in [0.29, 0.717) is 10.7 Å². The molecular weight excluding hydrogens is 347 g/mol. The van der Waals surface area contributed by atoms with Crippen molar-refractivity contribution in [2.75, 3.05) is 5.32 Å². The zero-order valence-electron chi connectivity index (χ0n) is 9.45. The number of amides is 1. The minimum Gasteiger partial charge on any atom is -0.298 e. The van der Waals surface area contributed by atoms with Gasteiger partial charge in [0.2, 0.25) is 0 Å². The Morgan fingerprint density at radius 1 is 1.41 bits per heavy atom. The van der Waals surface area contributed by atoms with Crippen molar-refractivity contribution >= 4 is 45.0 Å². The van der Waals surface area contributed by atoms with Gasteiger partial charge in [-0.25, -0.2) is 4.98 Å². The Balaban J connectivity index is 2.22. The van der Waals surface area contributed by atoms with E-state index in [1.807, 2.05) is 32.0 Å². The molecule has 0 saturated carbocycles. The molecule has 2 rings (SSSR count). The molecule has 1 amide bonds. The van der Waals surface area contributed by atoms with Crippen LogP contribution in [0, 0.1) is 17.4 Å². The summed E-state index contributed by atoms with van der Waals surface area (Å²) in [6, 6.07) is 5.82. The van der Waals surface area contributed by atoms with E-state index < -0.39 is 0 Å². The molecule has 0 unspecified atom stereocenters. The van der Waals surface area contributed by atoms with Gasteiger partial charge in [-0.15, -0.1) is 11.3 Å². The van der Waals surface area contributed by atoms with Crippen molar-refractivity contribution in [1.82, 2.24) is 4.98 Å². The van der Waals surface area contributed by atoms with Gasteiger partial charge in [0.15, 0.2) is 5.13 Å². The molecule has 0 aliphatic carbocycles. The number of carbonyl (C=O) groups excluding carboxylic acids is 1. The second-order valence-electron chi connectivity index (χ2n) is 3.71. The number of carbonyl (C=O) groups is 1. The summed E-state index contributed by atoms with van der Waals surface area (Å²) in [5.74, 6) is -0.104. The second kappa shape index (κ2) is 5.14. The third-order valence-electron chi connectivity index (χ3n) is 2.21. The van der Waals surface area contributed by atoms with Crippen LogP contribution in [0.3, 0.4) is 0 Å². The molecule has 0 aliphatic rings. The normalized spacial score (nSPS) is 10.3. The monoisotopic (exact) mass is 358 g/mol. The lowest BCUT2D eigenvalue weighted by molar-refractivity contribution is 0.102. The number of nitrogens with one attached hydrogen (secondary N) is 1.